The molecule has 1 saturated carbocycles. The first-order valence-electron chi connectivity index (χ1n) is 9.48. The molecule has 0 aromatic heterocycles. The van der Waals surface area contributed by atoms with Gasteiger partial charge >= 0.3 is 5.97 Å². The molecule has 0 radical (unpaired) electrons. The number of nitrogens with zero attached hydrogens (tertiary/aromatic N) is 1. The van der Waals surface area contributed by atoms with Crippen molar-refractivity contribution in [2.45, 2.75) is 42.3 Å². The van der Waals surface area contributed by atoms with Gasteiger partial charge < -0.3 is 9.64 Å². The second-order valence-electron chi connectivity index (χ2n) is 7.54. The Morgan fingerprint density at radius 3 is 2.53 bits per heavy atom. The van der Waals surface area contributed by atoms with Gasteiger partial charge in [-0.25, -0.2) is 17.2 Å². The van der Waals surface area contributed by atoms with Gasteiger partial charge in [0.1, 0.15) is 0 Å². The lowest BCUT2D eigenvalue weighted by Gasteiger charge is -2.23. The molecule has 0 N–H and O–H groups in total. The summed E-state index contributed by atoms with van der Waals surface area (Å²) in [6, 6.07) is 4.34. The summed E-state index contributed by atoms with van der Waals surface area (Å²) >= 11 is 9.33. The molecule has 3 atom stereocenters. The Morgan fingerprint density at radius 1 is 1.30 bits per heavy atom. The summed E-state index contributed by atoms with van der Waals surface area (Å²) in [6.45, 7) is 0.802. The van der Waals surface area contributed by atoms with Crippen LogP contribution in [0.2, 0.25) is 5.02 Å². The highest BCUT2D eigenvalue weighted by Crippen LogP contribution is 2.42. The number of carbonyl (C=O) groups is 2. The quantitative estimate of drug-likeness (QED) is 0.545. The normalized spacial score (nSPS) is 26.0. The van der Waals surface area contributed by atoms with E-state index in [1.807, 2.05) is 0 Å². The molecule has 2 fully saturated rings. The van der Waals surface area contributed by atoms with Crippen molar-refractivity contribution in [2.75, 3.05) is 19.7 Å². The molecule has 2 aliphatic rings. The molecule has 0 bridgehead atoms. The molecule has 166 valence electrons. The van der Waals surface area contributed by atoms with Gasteiger partial charge in [-0.2, -0.15) is 0 Å². The topological polar surface area (TPSA) is 80.8 Å². The predicted octanol–water partition coefficient (Wildman–Crippen LogP) is 3.70. The van der Waals surface area contributed by atoms with Crippen LogP contribution >= 0.6 is 27.5 Å². The third-order valence-electron chi connectivity index (χ3n) is 5.55. The maximum Gasteiger partial charge on any atom is 0.309 e. The summed E-state index contributed by atoms with van der Waals surface area (Å²) in [5.41, 5.74) is 0. The first-order chi connectivity index (χ1) is 14.0. The number of benzene rings is 1. The lowest BCUT2D eigenvalue weighted by atomic mass is 9.95. The van der Waals surface area contributed by atoms with Crippen molar-refractivity contribution in [3.05, 3.63) is 27.7 Å². The first-order valence-corrected chi connectivity index (χ1v) is 12.2. The molecule has 30 heavy (non-hydrogen) atoms. The van der Waals surface area contributed by atoms with E-state index in [4.69, 9.17) is 16.3 Å². The van der Waals surface area contributed by atoms with Crippen molar-refractivity contribution in [3.63, 3.8) is 0 Å². The van der Waals surface area contributed by atoms with Gasteiger partial charge in [-0.05, 0) is 38.0 Å². The maximum absolute atomic E-state index is 13.6. The molecule has 1 heterocycles. The van der Waals surface area contributed by atoms with Gasteiger partial charge in [0.15, 0.2) is 9.84 Å². The van der Waals surface area contributed by atoms with E-state index in [1.165, 1.54) is 18.2 Å². The van der Waals surface area contributed by atoms with E-state index in [0.29, 0.717) is 4.47 Å². The number of rotatable bonds is 5. The van der Waals surface area contributed by atoms with Crippen LogP contribution in [0.3, 0.4) is 0 Å². The standard InChI is InChI=1S/C19H21BrClF2NO5S/c1-2-29-18(26)14-9-12(30(27,28)16-4-3-11(20)7-15(16)21)8-13(14)17(25)24-6-5-19(22,23)10-24/h3-4,7,12-14H,2,5-6,8-10H2,1H3/t12-,13+,14+/m0/s1. The van der Waals surface area contributed by atoms with Crippen molar-refractivity contribution in [1.29, 1.82) is 0 Å². The van der Waals surface area contributed by atoms with Crippen molar-refractivity contribution in [1.82, 2.24) is 4.90 Å². The Bertz CT molecular complexity index is 958. The fourth-order valence-electron chi connectivity index (χ4n) is 4.07. The predicted molar refractivity (Wildman–Crippen MR) is 109 cm³/mol. The van der Waals surface area contributed by atoms with Crippen molar-refractivity contribution >= 4 is 49.2 Å². The lowest BCUT2D eigenvalue weighted by Crippen LogP contribution is -2.39. The van der Waals surface area contributed by atoms with Crippen molar-refractivity contribution in [2.24, 2.45) is 11.8 Å². The summed E-state index contributed by atoms with van der Waals surface area (Å²) in [5, 5.41) is -1.03. The molecule has 0 spiro atoms. The third-order valence-corrected chi connectivity index (χ3v) is 8.70. The smallest absolute Gasteiger partial charge is 0.309 e. The van der Waals surface area contributed by atoms with E-state index in [9.17, 15) is 26.8 Å². The Morgan fingerprint density at radius 2 is 1.97 bits per heavy atom. The van der Waals surface area contributed by atoms with Crippen LogP contribution in [0.5, 0.6) is 0 Å². The second kappa shape index (κ2) is 8.70. The van der Waals surface area contributed by atoms with E-state index in [-0.39, 0.29) is 35.9 Å². The molecule has 1 aliphatic heterocycles. The van der Waals surface area contributed by atoms with Gasteiger partial charge in [0.05, 0.1) is 40.2 Å². The highest BCUT2D eigenvalue weighted by Gasteiger charge is 2.51. The van der Waals surface area contributed by atoms with Crippen LogP contribution in [-0.4, -0.2) is 56.1 Å². The number of likely N-dealkylation sites (tertiary alicyclic amines) is 1. The monoisotopic (exact) mass is 527 g/mol. The number of hydrogen-bond donors (Lipinski definition) is 0. The summed E-state index contributed by atoms with van der Waals surface area (Å²) in [5.74, 6) is -6.36. The number of amides is 1. The number of carbonyl (C=O) groups excluding carboxylic acids is 2. The number of ether oxygens (including phenoxy) is 1. The average molecular weight is 529 g/mol. The minimum Gasteiger partial charge on any atom is -0.466 e. The molecule has 6 nitrogen and oxygen atoms in total. The van der Waals surface area contributed by atoms with Gasteiger partial charge in [0.25, 0.3) is 5.92 Å². The van der Waals surface area contributed by atoms with Crippen molar-refractivity contribution < 1.29 is 31.5 Å². The lowest BCUT2D eigenvalue weighted by molar-refractivity contribution is -0.153. The number of esters is 1. The minimum absolute atomic E-state index is 0.0195. The summed E-state index contributed by atoms with van der Waals surface area (Å²) < 4.78 is 59.2. The van der Waals surface area contributed by atoms with Gasteiger partial charge in [-0.3, -0.25) is 9.59 Å². The fourth-order valence-corrected chi connectivity index (χ4v) is 6.94. The van der Waals surface area contributed by atoms with Crippen LogP contribution in [0.4, 0.5) is 8.78 Å². The SMILES string of the molecule is CCOC(=O)[C@@H]1C[C@@H](S(=O)(=O)c2ccc(Br)cc2Cl)C[C@H]1C(=O)N1CCC(F)(F)C1. The molecular weight excluding hydrogens is 508 g/mol. The zero-order chi connectivity index (χ0) is 22.3. The third kappa shape index (κ3) is 4.65. The average Bonchev–Trinajstić information content (AvgIpc) is 3.25. The van der Waals surface area contributed by atoms with Gasteiger partial charge in [-0.1, -0.05) is 27.5 Å². The molecule has 0 unspecified atom stereocenters. The van der Waals surface area contributed by atoms with Crippen LogP contribution in [0, 0.1) is 11.8 Å². The number of sulfone groups is 1. The van der Waals surface area contributed by atoms with Gasteiger partial charge in [0.2, 0.25) is 5.91 Å². The maximum atomic E-state index is 13.6. The van der Waals surface area contributed by atoms with Gasteiger partial charge in [-0.15, -0.1) is 0 Å². The fraction of sp³-hybridized carbons (Fsp3) is 0.579. The van der Waals surface area contributed by atoms with E-state index in [1.54, 1.807) is 6.92 Å². The van der Waals surface area contributed by atoms with Crippen LogP contribution in [0.15, 0.2) is 27.6 Å². The largest absolute Gasteiger partial charge is 0.466 e. The minimum atomic E-state index is -3.96. The van der Waals surface area contributed by atoms with E-state index < -0.39 is 57.7 Å². The highest BCUT2D eigenvalue weighted by molar-refractivity contribution is 9.10. The van der Waals surface area contributed by atoms with E-state index in [2.05, 4.69) is 15.9 Å². The molecular formula is C19H21BrClF2NO5S. The molecule has 3 rings (SSSR count). The molecule has 1 saturated heterocycles. The molecule has 1 amide bonds. The highest BCUT2D eigenvalue weighted by atomic mass is 79.9. The van der Waals surface area contributed by atoms with Crippen molar-refractivity contribution in [3.8, 4) is 0 Å². The number of hydrogen-bond acceptors (Lipinski definition) is 5. The second-order valence-corrected chi connectivity index (χ2v) is 11.1. The van der Waals surface area contributed by atoms with E-state index >= 15 is 0 Å². The van der Waals surface area contributed by atoms with Gasteiger partial charge in [0, 0.05) is 17.4 Å². The zero-order valence-electron chi connectivity index (χ0n) is 16.1. The number of alkyl halides is 2. The summed E-state index contributed by atoms with van der Waals surface area (Å²) in [7, 11) is -3.96. The zero-order valence-corrected chi connectivity index (χ0v) is 19.3. The summed E-state index contributed by atoms with van der Waals surface area (Å²) in [4.78, 5) is 26.3. The van der Waals surface area contributed by atoms with Crippen LogP contribution in [-0.2, 0) is 24.2 Å². The summed E-state index contributed by atoms with van der Waals surface area (Å²) in [6.07, 6.45) is -0.737. The van der Waals surface area contributed by atoms with Crippen LogP contribution in [0.1, 0.15) is 26.2 Å². The Balaban J connectivity index is 1.89. The Labute approximate surface area is 186 Å². The van der Waals surface area contributed by atoms with E-state index in [0.717, 1.165) is 4.90 Å². The number of halogens is 4. The molecule has 1 aromatic carbocycles. The molecule has 1 aliphatic carbocycles. The molecule has 1 aromatic rings. The molecule has 11 heteroatoms. The van der Waals surface area contributed by atoms with Crippen LogP contribution < -0.4 is 0 Å². The Kier molecular flexibility index (Phi) is 6.79. The van der Waals surface area contributed by atoms with Crippen LogP contribution in [0.25, 0.3) is 0 Å². The first kappa shape index (κ1) is 23.4. The Hall–Kier alpha value is -1.26.